The number of nitrogens with one attached hydrogen (secondary N) is 2. The molecule has 0 saturated heterocycles. The number of aryl methyl sites for hydroxylation is 6. The molecule has 1 aromatic heterocycles. The van der Waals surface area contributed by atoms with Gasteiger partial charge in [-0.3, -0.25) is 0 Å². The van der Waals surface area contributed by atoms with Crippen LogP contribution in [0, 0.1) is 19.3 Å². The topological polar surface area (TPSA) is 53.7 Å². The molecule has 0 saturated carbocycles. The molecule has 0 aliphatic heterocycles. The first-order chi connectivity index (χ1) is 22.5. The molecule has 2 N–H and O–H groups in total. The lowest BCUT2D eigenvalue weighted by molar-refractivity contribution is 0.880. The second-order valence-electron chi connectivity index (χ2n) is 11.9. The molecule has 0 amide bonds. The Labute approximate surface area is 272 Å². The predicted molar refractivity (Wildman–Crippen MR) is 192 cm³/mol. The zero-order valence-corrected chi connectivity index (χ0v) is 26.6. The number of hydrogen-bond donors (Lipinski definition) is 2. The van der Waals surface area contributed by atoms with E-state index < -0.39 is 0 Å². The Morgan fingerprint density at radius 1 is 0.674 bits per heavy atom. The van der Waals surface area contributed by atoms with E-state index >= 15 is 0 Å². The van der Waals surface area contributed by atoms with Gasteiger partial charge < -0.3 is 10.7 Å². The highest BCUT2D eigenvalue weighted by Crippen LogP contribution is 2.21. The van der Waals surface area contributed by atoms with Crippen molar-refractivity contribution in [1.82, 2.24) is 9.78 Å². The molecule has 0 spiro atoms. The predicted octanol–water partition coefficient (Wildman–Crippen LogP) is 9.72. The van der Waals surface area contributed by atoms with Crippen molar-refractivity contribution in [2.75, 3.05) is 5.32 Å². The summed E-state index contributed by atoms with van der Waals surface area (Å²) in [6.45, 7) is 4.14. The minimum Gasteiger partial charge on any atom is -0.362 e. The SMILES string of the molecule is Cc1cccc(-c2ccn(-c3ccc(CCc4cccc(CCc5ccc(N/C=C\C(=N)c6ccccc6C)cc5)c4)cc3)n2)c1. The quantitative estimate of drug-likeness (QED) is 0.137. The Morgan fingerprint density at radius 3 is 2.02 bits per heavy atom. The first-order valence-corrected chi connectivity index (χ1v) is 16.0. The van der Waals surface area contributed by atoms with Crippen LogP contribution in [0.15, 0.2) is 146 Å². The molecule has 6 aromatic rings. The number of nitrogens with zero attached hydrogens (tertiary/aromatic N) is 2. The second-order valence-corrected chi connectivity index (χ2v) is 11.9. The van der Waals surface area contributed by atoms with Gasteiger partial charge in [0.05, 0.1) is 17.1 Å². The molecular formula is C42H40N4. The van der Waals surface area contributed by atoms with Gasteiger partial charge in [0.25, 0.3) is 0 Å². The lowest BCUT2D eigenvalue weighted by Gasteiger charge is -2.08. The van der Waals surface area contributed by atoms with E-state index in [1.807, 2.05) is 54.3 Å². The van der Waals surface area contributed by atoms with E-state index in [-0.39, 0.29) is 0 Å². The number of aromatic nitrogens is 2. The Kier molecular flexibility index (Phi) is 9.65. The van der Waals surface area contributed by atoms with Crippen LogP contribution in [0.1, 0.15) is 38.9 Å². The molecule has 228 valence electrons. The van der Waals surface area contributed by atoms with Gasteiger partial charge in [0.2, 0.25) is 0 Å². The molecule has 1 heterocycles. The summed E-state index contributed by atoms with van der Waals surface area (Å²) in [7, 11) is 0. The molecule has 5 aromatic carbocycles. The molecular weight excluding hydrogens is 560 g/mol. The third kappa shape index (κ3) is 7.96. The van der Waals surface area contributed by atoms with Crippen LogP contribution in [0.5, 0.6) is 0 Å². The van der Waals surface area contributed by atoms with Crippen molar-refractivity contribution in [3.8, 4) is 16.9 Å². The molecule has 46 heavy (non-hydrogen) atoms. The third-order valence-corrected chi connectivity index (χ3v) is 8.39. The first kappa shape index (κ1) is 30.5. The fraction of sp³-hybridized carbons (Fsp3) is 0.143. The third-order valence-electron chi connectivity index (χ3n) is 8.39. The van der Waals surface area contributed by atoms with Crippen LogP contribution in [0.3, 0.4) is 0 Å². The van der Waals surface area contributed by atoms with Gasteiger partial charge in [-0.05, 0) is 110 Å². The largest absolute Gasteiger partial charge is 0.362 e. The maximum absolute atomic E-state index is 8.33. The Bertz CT molecular complexity index is 1950. The fourth-order valence-electron chi connectivity index (χ4n) is 5.71. The van der Waals surface area contributed by atoms with Crippen molar-refractivity contribution in [2.45, 2.75) is 39.5 Å². The monoisotopic (exact) mass is 600 g/mol. The highest BCUT2D eigenvalue weighted by Gasteiger charge is 2.06. The summed E-state index contributed by atoms with van der Waals surface area (Å²) >= 11 is 0. The maximum Gasteiger partial charge on any atom is 0.0927 e. The summed E-state index contributed by atoms with van der Waals surface area (Å²) in [6, 6.07) is 44.9. The number of hydrogen-bond acceptors (Lipinski definition) is 3. The molecule has 0 aliphatic rings. The van der Waals surface area contributed by atoms with Gasteiger partial charge >= 0.3 is 0 Å². The molecule has 0 radical (unpaired) electrons. The summed E-state index contributed by atoms with van der Waals surface area (Å²) in [5, 5.41) is 16.4. The number of anilines is 1. The minimum absolute atomic E-state index is 0.501. The van der Waals surface area contributed by atoms with Gasteiger partial charge in [-0.25, -0.2) is 4.68 Å². The van der Waals surface area contributed by atoms with Crippen LogP contribution < -0.4 is 5.32 Å². The lowest BCUT2D eigenvalue weighted by Crippen LogP contribution is -1.99. The van der Waals surface area contributed by atoms with E-state index in [2.05, 4.69) is 115 Å². The second kappa shape index (κ2) is 14.5. The maximum atomic E-state index is 8.33. The van der Waals surface area contributed by atoms with Crippen LogP contribution in [-0.4, -0.2) is 15.5 Å². The van der Waals surface area contributed by atoms with Gasteiger partial charge in [0, 0.05) is 29.2 Å². The zero-order valence-electron chi connectivity index (χ0n) is 26.6. The van der Waals surface area contributed by atoms with E-state index in [1.165, 1.54) is 27.8 Å². The molecule has 4 nitrogen and oxygen atoms in total. The normalized spacial score (nSPS) is 11.2. The van der Waals surface area contributed by atoms with E-state index in [0.717, 1.165) is 59.4 Å². The van der Waals surface area contributed by atoms with Crippen molar-refractivity contribution in [3.05, 3.63) is 185 Å². The Morgan fingerprint density at radius 2 is 1.33 bits per heavy atom. The standard InChI is InChI=1S/C42H40N4/c1-31-7-5-11-37(29-31)42-26-28-46(45-42)39-23-19-34(20-24-39)14-16-36-10-6-9-35(30-36)15-13-33-17-21-38(22-18-33)44-27-25-41(43)40-12-4-3-8-32(40)2/h3-12,17-30,43-44H,13-16H2,1-2H3/b27-25-,43-41?. The first-order valence-electron chi connectivity index (χ1n) is 16.0. The van der Waals surface area contributed by atoms with Gasteiger partial charge in [-0.1, -0.05) is 96.6 Å². The average Bonchev–Trinajstić information content (AvgIpc) is 3.58. The summed E-state index contributed by atoms with van der Waals surface area (Å²) in [5.74, 6) is 0. The van der Waals surface area contributed by atoms with Gasteiger partial charge in [-0.15, -0.1) is 0 Å². The molecule has 6 rings (SSSR count). The van der Waals surface area contributed by atoms with Crippen LogP contribution >= 0.6 is 0 Å². The van der Waals surface area contributed by atoms with Crippen molar-refractivity contribution in [1.29, 1.82) is 5.41 Å². The highest BCUT2D eigenvalue weighted by molar-refractivity contribution is 6.07. The number of rotatable bonds is 12. The van der Waals surface area contributed by atoms with Gasteiger partial charge in [-0.2, -0.15) is 5.10 Å². The highest BCUT2D eigenvalue weighted by atomic mass is 15.3. The zero-order chi connectivity index (χ0) is 31.7. The van der Waals surface area contributed by atoms with Crippen LogP contribution in [0.2, 0.25) is 0 Å². The smallest absolute Gasteiger partial charge is 0.0927 e. The van der Waals surface area contributed by atoms with Crippen molar-refractivity contribution in [3.63, 3.8) is 0 Å². The molecule has 0 bridgehead atoms. The van der Waals surface area contributed by atoms with E-state index in [9.17, 15) is 0 Å². The Hall–Kier alpha value is -5.48. The number of allylic oxidation sites excluding steroid dienone is 1. The van der Waals surface area contributed by atoms with Crippen LogP contribution in [0.25, 0.3) is 16.9 Å². The van der Waals surface area contributed by atoms with Crippen molar-refractivity contribution >= 4 is 11.4 Å². The van der Waals surface area contributed by atoms with Crippen LogP contribution in [0.4, 0.5) is 5.69 Å². The average molecular weight is 601 g/mol. The van der Waals surface area contributed by atoms with Crippen molar-refractivity contribution in [2.24, 2.45) is 0 Å². The fourth-order valence-corrected chi connectivity index (χ4v) is 5.71. The Balaban J connectivity index is 0.976. The van der Waals surface area contributed by atoms with E-state index in [0.29, 0.717) is 5.71 Å². The molecule has 0 fully saturated rings. The van der Waals surface area contributed by atoms with Gasteiger partial charge in [0.1, 0.15) is 0 Å². The van der Waals surface area contributed by atoms with E-state index in [1.54, 1.807) is 0 Å². The minimum atomic E-state index is 0.501. The summed E-state index contributed by atoms with van der Waals surface area (Å²) in [6.07, 6.45) is 9.71. The summed E-state index contributed by atoms with van der Waals surface area (Å²) in [4.78, 5) is 0. The lowest BCUT2D eigenvalue weighted by atomic mass is 9.99. The summed E-state index contributed by atoms with van der Waals surface area (Å²) < 4.78 is 1.95. The van der Waals surface area contributed by atoms with Crippen LogP contribution in [-0.2, 0) is 25.7 Å². The number of benzene rings is 5. The van der Waals surface area contributed by atoms with E-state index in [4.69, 9.17) is 10.5 Å². The molecule has 0 unspecified atom stereocenters. The molecule has 0 atom stereocenters. The van der Waals surface area contributed by atoms with Gasteiger partial charge in [0.15, 0.2) is 0 Å². The molecule has 0 aliphatic carbocycles. The molecule has 4 heteroatoms. The van der Waals surface area contributed by atoms with Crippen molar-refractivity contribution < 1.29 is 0 Å². The summed E-state index contributed by atoms with van der Waals surface area (Å²) in [5.41, 5.74) is 13.4.